The molecule has 0 spiro atoms. The van der Waals surface area contributed by atoms with Gasteiger partial charge in [0.2, 0.25) is 0 Å². The third-order valence-corrected chi connectivity index (χ3v) is 3.06. The van der Waals surface area contributed by atoms with Gasteiger partial charge in [0.05, 0.1) is 0 Å². The number of hydrogen-bond acceptors (Lipinski definition) is 3. The summed E-state index contributed by atoms with van der Waals surface area (Å²) in [5.74, 6) is 1.14. The molecule has 0 aliphatic carbocycles. The zero-order valence-corrected chi connectivity index (χ0v) is 13.1. The van der Waals surface area contributed by atoms with E-state index < -0.39 is 0 Å². The van der Waals surface area contributed by atoms with Crippen LogP contribution >= 0.6 is 24.8 Å². The molecule has 0 atom stereocenters. The molecule has 0 aromatic carbocycles. The molecule has 0 amide bonds. The van der Waals surface area contributed by atoms with Gasteiger partial charge < -0.3 is 10.2 Å². The molecule has 3 nitrogen and oxygen atoms in total. The maximum atomic E-state index is 4.57. The third kappa shape index (κ3) is 4.01. The van der Waals surface area contributed by atoms with Gasteiger partial charge in [0.1, 0.15) is 5.82 Å². The first-order chi connectivity index (χ1) is 7.48. The van der Waals surface area contributed by atoms with E-state index in [1.807, 2.05) is 6.20 Å². The Morgan fingerprint density at radius 3 is 2.50 bits per heavy atom. The fourth-order valence-corrected chi connectivity index (χ4v) is 2.36. The van der Waals surface area contributed by atoms with Gasteiger partial charge in [-0.25, -0.2) is 4.98 Å². The molecule has 2 heterocycles. The van der Waals surface area contributed by atoms with E-state index in [0.717, 1.165) is 25.5 Å². The van der Waals surface area contributed by atoms with Gasteiger partial charge in [-0.3, -0.25) is 0 Å². The minimum absolute atomic E-state index is 0. The molecule has 1 aromatic rings. The van der Waals surface area contributed by atoms with Crippen LogP contribution < -0.4 is 10.2 Å². The summed E-state index contributed by atoms with van der Waals surface area (Å²) < 4.78 is 0. The molecule has 1 N–H and O–H groups in total. The van der Waals surface area contributed by atoms with E-state index in [1.54, 1.807) is 0 Å². The zero-order valence-electron chi connectivity index (χ0n) is 11.5. The summed E-state index contributed by atoms with van der Waals surface area (Å²) in [4.78, 5) is 6.95. The lowest BCUT2D eigenvalue weighted by Gasteiger charge is -2.40. The Hall–Kier alpha value is -0.510. The predicted molar refractivity (Wildman–Crippen MR) is 82.5 cm³/mol. The Morgan fingerprint density at radius 2 is 1.94 bits per heavy atom. The molecular formula is C13H23Cl2N3. The van der Waals surface area contributed by atoms with E-state index in [0.29, 0.717) is 0 Å². The largest absolute Gasteiger partial charge is 0.353 e. The first-order valence-electron chi connectivity index (χ1n) is 5.91. The average molecular weight is 292 g/mol. The summed E-state index contributed by atoms with van der Waals surface area (Å²) >= 11 is 0. The summed E-state index contributed by atoms with van der Waals surface area (Å²) in [6.07, 6.45) is 1.96. The van der Waals surface area contributed by atoms with Crippen molar-refractivity contribution < 1.29 is 0 Å². The number of nitrogens with zero attached hydrogens (tertiary/aromatic N) is 2. The molecule has 1 aliphatic rings. The number of hydrogen-bond donors (Lipinski definition) is 1. The van der Waals surface area contributed by atoms with Gasteiger partial charge >= 0.3 is 0 Å². The van der Waals surface area contributed by atoms with Crippen LogP contribution in [0.4, 0.5) is 5.82 Å². The van der Waals surface area contributed by atoms with Crippen molar-refractivity contribution in [2.75, 3.05) is 24.5 Å². The quantitative estimate of drug-likeness (QED) is 0.862. The minimum atomic E-state index is 0. The van der Waals surface area contributed by atoms with E-state index in [-0.39, 0.29) is 30.4 Å². The molecule has 18 heavy (non-hydrogen) atoms. The molecule has 0 radical (unpaired) electrons. The van der Waals surface area contributed by atoms with Crippen LogP contribution in [0.25, 0.3) is 0 Å². The summed E-state index contributed by atoms with van der Waals surface area (Å²) in [5, 5.41) is 3.52. The fraction of sp³-hybridized carbons (Fsp3) is 0.615. The van der Waals surface area contributed by atoms with Crippen LogP contribution in [0.3, 0.4) is 0 Å². The summed E-state index contributed by atoms with van der Waals surface area (Å²) in [6, 6.07) is 2.21. The Balaban J connectivity index is 0.00000144. The number of nitrogens with one attached hydrogen (secondary N) is 1. The van der Waals surface area contributed by atoms with E-state index in [4.69, 9.17) is 0 Å². The van der Waals surface area contributed by atoms with Gasteiger partial charge in [-0.1, -0.05) is 6.07 Å². The Bertz CT molecular complexity index is 394. The standard InChI is InChI=1S/C13H21N3.2ClH/c1-10-7-11(2)12(14-8-10)16-6-5-15-13(3,4)9-16;;/h7-8,15H,5-6,9H2,1-4H3;2*1H. The highest BCUT2D eigenvalue weighted by atomic mass is 35.5. The van der Waals surface area contributed by atoms with E-state index in [9.17, 15) is 0 Å². The molecule has 1 aliphatic heterocycles. The van der Waals surface area contributed by atoms with E-state index >= 15 is 0 Å². The topological polar surface area (TPSA) is 28.2 Å². The predicted octanol–water partition coefficient (Wildman–Crippen LogP) is 2.73. The van der Waals surface area contributed by atoms with Crippen molar-refractivity contribution in [2.45, 2.75) is 33.2 Å². The molecule has 0 saturated carbocycles. The fourth-order valence-electron chi connectivity index (χ4n) is 2.36. The van der Waals surface area contributed by atoms with Crippen molar-refractivity contribution in [1.82, 2.24) is 10.3 Å². The van der Waals surface area contributed by atoms with Crippen molar-refractivity contribution in [2.24, 2.45) is 0 Å². The number of halogens is 2. The van der Waals surface area contributed by atoms with Crippen molar-refractivity contribution in [3.8, 4) is 0 Å². The Kier molecular flexibility index (Phi) is 6.41. The van der Waals surface area contributed by atoms with Crippen LogP contribution in [-0.2, 0) is 0 Å². The maximum absolute atomic E-state index is 4.57. The van der Waals surface area contributed by atoms with Crippen LogP contribution in [0.2, 0.25) is 0 Å². The number of rotatable bonds is 1. The van der Waals surface area contributed by atoms with E-state index in [2.05, 4.69) is 49.0 Å². The molecule has 0 unspecified atom stereocenters. The van der Waals surface area contributed by atoms with Gasteiger partial charge in [0.15, 0.2) is 0 Å². The highest BCUT2D eigenvalue weighted by molar-refractivity contribution is 5.85. The van der Waals surface area contributed by atoms with Gasteiger partial charge in [0.25, 0.3) is 0 Å². The summed E-state index contributed by atoms with van der Waals surface area (Å²) in [7, 11) is 0. The number of aryl methyl sites for hydroxylation is 2. The number of anilines is 1. The first kappa shape index (κ1) is 17.5. The highest BCUT2D eigenvalue weighted by Gasteiger charge is 2.26. The molecule has 1 aromatic heterocycles. The van der Waals surface area contributed by atoms with Crippen LogP contribution in [0.1, 0.15) is 25.0 Å². The lowest BCUT2D eigenvalue weighted by Crippen LogP contribution is -2.57. The van der Waals surface area contributed by atoms with Crippen molar-refractivity contribution >= 4 is 30.6 Å². The second kappa shape index (κ2) is 6.60. The minimum Gasteiger partial charge on any atom is -0.353 e. The SMILES string of the molecule is Cc1cnc(N2CCNC(C)(C)C2)c(C)c1.Cl.Cl. The maximum Gasteiger partial charge on any atom is 0.131 e. The first-order valence-corrected chi connectivity index (χ1v) is 5.91. The van der Waals surface area contributed by atoms with Gasteiger partial charge in [-0.15, -0.1) is 24.8 Å². The molecule has 104 valence electrons. The normalized spacial score (nSPS) is 17.7. The number of pyridine rings is 1. The summed E-state index contributed by atoms with van der Waals surface area (Å²) in [5.41, 5.74) is 2.69. The molecule has 2 rings (SSSR count). The van der Waals surface area contributed by atoms with Crippen LogP contribution in [0.15, 0.2) is 12.3 Å². The third-order valence-electron chi connectivity index (χ3n) is 3.06. The van der Waals surface area contributed by atoms with E-state index in [1.165, 1.54) is 11.1 Å². The van der Waals surface area contributed by atoms with Crippen LogP contribution in [-0.4, -0.2) is 30.2 Å². The number of aromatic nitrogens is 1. The molecule has 0 bridgehead atoms. The monoisotopic (exact) mass is 291 g/mol. The van der Waals surface area contributed by atoms with Gasteiger partial charge in [-0.05, 0) is 38.8 Å². The lowest BCUT2D eigenvalue weighted by atomic mass is 10.0. The second-order valence-electron chi connectivity index (χ2n) is 5.39. The molecule has 1 saturated heterocycles. The van der Waals surface area contributed by atoms with Crippen molar-refractivity contribution in [1.29, 1.82) is 0 Å². The van der Waals surface area contributed by atoms with Crippen LogP contribution in [0.5, 0.6) is 0 Å². The Morgan fingerprint density at radius 1 is 1.28 bits per heavy atom. The number of piperazine rings is 1. The smallest absolute Gasteiger partial charge is 0.131 e. The molecular weight excluding hydrogens is 269 g/mol. The van der Waals surface area contributed by atoms with Crippen LogP contribution in [0, 0.1) is 13.8 Å². The lowest BCUT2D eigenvalue weighted by molar-refractivity contribution is 0.351. The van der Waals surface area contributed by atoms with Crippen molar-refractivity contribution in [3.63, 3.8) is 0 Å². The van der Waals surface area contributed by atoms with Gasteiger partial charge in [0, 0.05) is 31.4 Å². The second-order valence-corrected chi connectivity index (χ2v) is 5.39. The Labute approximate surface area is 122 Å². The molecule has 1 fully saturated rings. The highest BCUT2D eigenvalue weighted by Crippen LogP contribution is 2.21. The van der Waals surface area contributed by atoms with Gasteiger partial charge in [-0.2, -0.15) is 0 Å². The average Bonchev–Trinajstić information content (AvgIpc) is 2.15. The van der Waals surface area contributed by atoms with Crippen molar-refractivity contribution in [3.05, 3.63) is 23.4 Å². The molecule has 5 heteroatoms. The summed E-state index contributed by atoms with van der Waals surface area (Å²) in [6.45, 7) is 11.8. The zero-order chi connectivity index (χ0) is 11.8.